The highest BCUT2D eigenvalue weighted by Crippen LogP contribution is 2.33. The maximum atomic E-state index is 12.4. The number of fused-ring (bicyclic) bond motifs is 1. The normalized spacial score (nSPS) is 15.6. The highest BCUT2D eigenvalue weighted by molar-refractivity contribution is 5.89. The third kappa shape index (κ3) is 5.75. The number of piperazine rings is 1. The minimum atomic E-state index is -0.614. The molecule has 1 saturated heterocycles. The van der Waals surface area contributed by atoms with Crippen molar-refractivity contribution in [3.63, 3.8) is 0 Å². The summed E-state index contributed by atoms with van der Waals surface area (Å²) < 4.78 is 20.9. The van der Waals surface area contributed by atoms with Crippen LogP contribution in [-0.2, 0) is 20.9 Å². The Morgan fingerprint density at radius 2 is 1.85 bits per heavy atom. The van der Waals surface area contributed by atoms with Crippen LogP contribution in [0.2, 0.25) is 0 Å². The molecule has 0 aliphatic carbocycles. The predicted octanol–water partition coefficient (Wildman–Crippen LogP) is 2.03. The first-order valence-electron chi connectivity index (χ1n) is 10.6. The van der Waals surface area contributed by atoms with Gasteiger partial charge in [-0.25, -0.2) is 4.79 Å². The van der Waals surface area contributed by atoms with Crippen LogP contribution in [0.15, 0.2) is 42.5 Å². The Morgan fingerprint density at radius 1 is 1.06 bits per heavy atom. The van der Waals surface area contributed by atoms with E-state index in [-0.39, 0.29) is 25.1 Å². The van der Waals surface area contributed by atoms with Crippen molar-refractivity contribution in [1.82, 2.24) is 9.80 Å². The van der Waals surface area contributed by atoms with E-state index in [1.165, 1.54) is 25.3 Å². The summed E-state index contributed by atoms with van der Waals surface area (Å²) in [4.78, 5) is 28.4. The Morgan fingerprint density at radius 3 is 2.64 bits per heavy atom. The quantitative estimate of drug-likeness (QED) is 0.501. The second kappa shape index (κ2) is 10.3. The second-order valence-corrected chi connectivity index (χ2v) is 7.72. The number of carbonyl (C=O) groups excluding carboxylic acids is 2. The van der Waals surface area contributed by atoms with Crippen molar-refractivity contribution in [2.75, 3.05) is 46.7 Å². The predicted molar refractivity (Wildman–Crippen MR) is 119 cm³/mol. The molecule has 0 aromatic heterocycles. The Bertz CT molecular complexity index is 1050. The summed E-state index contributed by atoms with van der Waals surface area (Å²) >= 11 is 0. The fourth-order valence-electron chi connectivity index (χ4n) is 3.69. The Hall–Kier alpha value is -3.72. The zero-order valence-electron chi connectivity index (χ0n) is 18.4. The monoisotopic (exact) mass is 454 g/mol. The molecule has 0 radical (unpaired) electrons. The lowest BCUT2D eigenvalue weighted by Gasteiger charge is -2.34. The molecule has 0 spiro atoms. The van der Waals surface area contributed by atoms with E-state index in [1.54, 1.807) is 17.0 Å². The number of hydrogen-bond donors (Lipinski definition) is 1. The minimum Gasteiger partial charge on any atom is -0.504 e. The van der Waals surface area contributed by atoms with E-state index < -0.39 is 5.97 Å². The maximum absolute atomic E-state index is 12.4. The average Bonchev–Trinajstić information content (AvgIpc) is 3.30. The zero-order valence-corrected chi connectivity index (χ0v) is 18.4. The van der Waals surface area contributed by atoms with Gasteiger partial charge in [0.2, 0.25) is 6.79 Å². The fourth-order valence-corrected chi connectivity index (χ4v) is 3.69. The van der Waals surface area contributed by atoms with E-state index in [0.29, 0.717) is 24.4 Å². The zero-order chi connectivity index (χ0) is 23.2. The largest absolute Gasteiger partial charge is 0.504 e. The van der Waals surface area contributed by atoms with Gasteiger partial charge in [0.25, 0.3) is 5.91 Å². The van der Waals surface area contributed by atoms with Crippen LogP contribution in [0.4, 0.5) is 0 Å². The molecule has 0 atom stereocenters. The standard InChI is InChI=1S/C24H26N2O7/c1-30-21-12-17(2-5-19(21)27)4-7-24(29)31-15-23(28)26-10-8-25(9-11-26)14-18-3-6-20-22(13-18)33-16-32-20/h2-7,12-13,27H,8-11,14-16H2,1H3/b7-4+. The molecule has 2 aromatic rings. The Balaban J connectivity index is 1.19. The van der Waals surface area contributed by atoms with Crippen molar-refractivity contribution in [3.05, 3.63) is 53.6 Å². The van der Waals surface area contributed by atoms with Gasteiger partial charge in [0, 0.05) is 38.8 Å². The van der Waals surface area contributed by atoms with Gasteiger partial charge in [0.05, 0.1) is 7.11 Å². The number of phenolic OH excluding ortho intramolecular Hbond substituents is 1. The summed E-state index contributed by atoms with van der Waals surface area (Å²) in [7, 11) is 1.44. The number of phenols is 1. The summed E-state index contributed by atoms with van der Waals surface area (Å²) in [5.74, 6) is 1.02. The number of carbonyl (C=O) groups is 2. The summed E-state index contributed by atoms with van der Waals surface area (Å²) in [5.41, 5.74) is 1.79. The van der Waals surface area contributed by atoms with E-state index >= 15 is 0 Å². The molecule has 0 bridgehead atoms. The van der Waals surface area contributed by atoms with Crippen LogP contribution in [0.5, 0.6) is 23.0 Å². The third-order valence-corrected chi connectivity index (χ3v) is 5.52. The average molecular weight is 454 g/mol. The Kier molecular flexibility index (Phi) is 6.99. The van der Waals surface area contributed by atoms with Crippen molar-refractivity contribution in [3.8, 4) is 23.0 Å². The first kappa shape index (κ1) is 22.5. The molecule has 0 unspecified atom stereocenters. The number of hydrogen-bond acceptors (Lipinski definition) is 8. The van der Waals surface area contributed by atoms with Crippen molar-refractivity contribution in [2.24, 2.45) is 0 Å². The Labute approximate surface area is 191 Å². The molecule has 1 amide bonds. The van der Waals surface area contributed by atoms with Gasteiger partial charge < -0.3 is 29.0 Å². The van der Waals surface area contributed by atoms with Gasteiger partial charge in [0.1, 0.15) is 0 Å². The van der Waals surface area contributed by atoms with Crippen LogP contribution >= 0.6 is 0 Å². The van der Waals surface area contributed by atoms with Crippen LogP contribution in [0.3, 0.4) is 0 Å². The number of ether oxygens (including phenoxy) is 4. The third-order valence-electron chi connectivity index (χ3n) is 5.52. The van der Waals surface area contributed by atoms with Crippen molar-refractivity contribution in [1.29, 1.82) is 0 Å². The van der Waals surface area contributed by atoms with Crippen LogP contribution in [0.25, 0.3) is 6.08 Å². The first-order valence-corrected chi connectivity index (χ1v) is 10.6. The van der Waals surface area contributed by atoms with Crippen molar-refractivity contribution < 1.29 is 33.6 Å². The molecule has 33 heavy (non-hydrogen) atoms. The van der Waals surface area contributed by atoms with Gasteiger partial charge >= 0.3 is 5.97 Å². The molecule has 1 fully saturated rings. The van der Waals surface area contributed by atoms with Crippen LogP contribution < -0.4 is 14.2 Å². The summed E-state index contributed by atoms with van der Waals surface area (Å²) in [6, 6.07) is 10.6. The molecule has 2 heterocycles. The van der Waals surface area contributed by atoms with Crippen molar-refractivity contribution in [2.45, 2.75) is 6.54 Å². The summed E-state index contributed by atoms with van der Waals surface area (Å²) in [5, 5.41) is 9.61. The van der Waals surface area contributed by atoms with Crippen LogP contribution in [-0.4, -0.2) is 73.5 Å². The minimum absolute atomic E-state index is 0.0128. The van der Waals surface area contributed by atoms with E-state index in [0.717, 1.165) is 36.7 Å². The molecule has 1 N–H and O–H groups in total. The number of aromatic hydroxyl groups is 1. The van der Waals surface area contributed by atoms with E-state index in [2.05, 4.69) is 4.90 Å². The van der Waals surface area contributed by atoms with Crippen molar-refractivity contribution >= 4 is 18.0 Å². The lowest BCUT2D eigenvalue weighted by molar-refractivity contribution is -0.149. The second-order valence-electron chi connectivity index (χ2n) is 7.72. The van der Waals surface area contributed by atoms with Gasteiger partial charge in [-0.2, -0.15) is 0 Å². The van der Waals surface area contributed by atoms with Gasteiger partial charge in [0.15, 0.2) is 29.6 Å². The van der Waals surface area contributed by atoms with Crippen LogP contribution in [0, 0.1) is 0 Å². The number of nitrogens with zero attached hydrogens (tertiary/aromatic N) is 2. The molecular weight excluding hydrogens is 428 g/mol. The maximum Gasteiger partial charge on any atom is 0.331 e. The lowest BCUT2D eigenvalue weighted by Crippen LogP contribution is -2.49. The molecule has 9 nitrogen and oxygen atoms in total. The number of rotatable bonds is 7. The van der Waals surface area contributed by atoms with E-state index in [1.807, 2.05) is 18.2 Å². The van der Waals surface area contributed by atoms with Gasteiger partial charge in [-0.3, -0.25) is 9.69 Å². The number of benzene rings is 2. The summed E-state index contributed by atoms with van der Waals surface area (Å²) in [6.07, 6.45) is 2.77. The molecule has 2 aromatic carbocycles. The SMILES string of the molecule is COc1cc(/C=C/C(=O)OCC(=O)N2CCN(Cc3ccc4c(c3)OCO4)CC2)ccc1O. The highest BCUT2D eigenvalue weighted by Gasteiger charge is 2.22. The van der Waals surface area contributed by atoms with E-state index in [9.17, 15) is 14.7 Å². The number of methoxy groups -OCH3 is 1. The number of esters is 1. The molecule has 4 rings (SSSR count). The smallest absolute Gasteiger partial charge is 0.331 e. The molecule has 2 aliphatic rings. The van der Waals surface area contributed by atoms with Gasteiger partial charge in [-0.05, 0) is 41.5 Å². The van der Waals surface area contributed by atoms with Gasteiger partial charge in [-0.15, -0.1) is 0 Å². The highest BCUT2D eigenvalue weighted by atomic mass is 16.7. The fraction of sp³-hybridized carbons (Fsp3) is 0.333. The van der Waals surface area contributed by atoms with E-state index in [4.69, 9.17) is 18.9 Å². The molecular formula is C24H26N2O7. The lowest BCUT2D eigenvalue weighted by atomic mass is 10.1. The molecule has 2 aliphatic heterocycles. The van der Waals surface area contributed by atoms with Crippen LogP contribution in [0.1, 0.15) is 11.1 Å². The molecule has 174 valence electrons. The topological polar surface area (TPSA) is 97.8 Å². The van der Waals surface area contributed by atoms with Gasteiger partial charge in [-0.1, -0.05) is 12.1 Å². The summed E-state index contributed by atoms with van der Waals surface area (Å²) in [6.45, 7) is 3.33. The molecule has 0 saturated carbocycles. The number of amides is 1. The molecule has 9 heteroatoms. The first-order chi connectivity index (χ1) is 16.0.